The van der Waals surface area contributed by atoms with Crippen LogP contribution in [0.25, 0.3) is 5.69 Å². The smallest absolute Gasteiger partial charge is 0.295 e. The fourth-order valence-corrected chi connectivity index (χ4v) is 3.23. The van der Waals surface area contributed by atoms with Crippen LogP contribution in [0.2, 0.25) is 0 Å². The van der Waals surface area contributed by atoms with E-state index >= 15 is 0 Å². The number of carbonyl (C=O) groups excluding carboxylic acids is 1. The molecule has 2 atom stereocenters. The molecule has 3 aromatic rings. The Morgan fingerprint density at radius 1 is 1.20 bits per heavy atom. The van der Waals surface area contributed by atoms with E-state index in [-0.39, 0.29) is 23.3 Å². The van der Waals surface area contributed by atoms with E-state index in [4.69, 9.17) is 4.42 Å². The largest absolute Gasteiger partial charge is 0.469 e. The molecule has 0 bridgehead atoms. The average Bonchev–Trinajstić information content (AvgIpc) is 3.18. The first-order chi connectivity index (χ1) is 12.1. The third-order valence-corrected chi connectivity index (χ3v) is 4.84. The number of anilines is 1. The maximum Gasteiger partial charge on any atom is 0.295 e. The molecule has 1 amide bonds. The molecule has 25 heavy (non-hydrogen) atoms. The van der Waals surface area contributed by atoms with Gasteiger partial charge in [-0.15, -0.1) is 0 Å². The van der Waals surface area contributed by atoms with Gasteiger partial charge in [0.15, 0.2) is 0 Å². The molecular formula is C19H19N3O3. The summed E-state index contributed by atoms with van der Waals surface area (Å²) in [5.41, 5.74) is 1.59. The number of hydrogen-bond donors (Lipinski definition) is 1. The highest BCUT2D eigenvalue weighted by atomic mass is 16.3. The second-order valence-corrected chi connectivity index (χ2v) is 6.39. The lowest BCUT2D eigenvalue weighted by atomic mass is 10.2. The Morgan fingerprint density at radius 3 is 2.64 bits per heavy atom. The lowest BCUT2D eigenvalue weighted by Gasteiger charge is -2.07. The lowest BCUT2D eigenvalue weighted by molar-refractivity contribution is -0.117. The average molecular weight is 337 g/mol. The van der Waals surface area contributed by atoms with Crippen molar-refractivity contribution in [1.82, 2.24) is 9.36 Å². The maximum atomic E-state index is 12.8. The number of amides is 1. The minimum absolute atomic E-state index is 0.107. The van der Waals surface area contributed by atoms with Crippen molar-refractivity contribution in [1.29, 1.82) is 0 Å². The van der Waals surface area contributed by atoms with Crippen LogP contribution in [-0.4, -0.2) is 15.3 Å². The molecule has 1 saturated carbocycles. The van der Waals surface area contributed by atoms with Crippen LogP contribution >= 0.6 is 0 Å². The van der Waals surface area contributed by atoms with E-state index in [2.05, 4.69) is 5.32 Å². The SMILES string of the molecule is Cc1c(NC(=O)C2CC2c2ccco2)c(=O)n(-c2ccccc2)n1C. The zero-order chi connectivity index (χ0) is 17.6. The molecule has 128 valence electrons. The highest BCUT2D eigenvalue weighted by molar-refractivity contribution is 5.95. The third kappa shape index (κ3) is 2.59. The normalized spacial score (nSPS) is 19.0. The van der Waals surface area contributed by atoms with Gasteiger partial charge in [-0.1, -0.05) is 18.2 Å². The number of furan rings is 1. The molecule has 2 heterocycles. The molecule has 1 aliphatic rings. The van der Waals surface area contributed by atoms with Crippen LogP contribution in [-0.2, 0) is 11.8 Å². The van der Waals surface area contributed by atoms with E-state index in [1.807, 2.05) is 56.4 Å². The number of carbonyl (C=O) groups is 1. The number of para-hydroxylation sites is 1. The Bertz CT molecular complexity index is 968. The van der Waals surface area contributed by atoms with Crippen molar-refractivity contribution in [2.24, 2.45) is 13.0 Å². The van der Waals surface area contributed by atoms with Crippen molar-refractivity contribution in [3.63, 3.8) is 0 Å². The van der Waals surface area contributed by atoms with E-state index < -0.39 is 0 Å². The zero-order valence-electron chi connectivity index (χ0n) is 14.1. The van der Waals surface area contributed by atoms with Gasteiger partial charge in [-0.05, 0) is 37.6 Å². The molecular weight excluding hydrogens is 318 g/mol. The van der Waals surface area contributed by atoms with Gasteiger partial charge in [-0.3, -0.25) is 14.3 Å². The van der Waals surface area contributed by atoms with E-state index in [0.29, 0.717) is 5.69 Å². The molecule has 0 aliphatic heterocycles. The monoisotopic (exact) mass is 337 g/mol. The van der Waals surface area contributed by atoms with Crippen LogP contribution in [0.15, 0.2) is 57.9 Å². The molecule has 0 saturated heterocycles. The molecule has 1 aromatic carbocycles. The first-order valence-corrected chi connectivity index (χ1v) is 8.26. The Labute approximate surface area is 144 Å². The summed E-state index contributed by atoms with van der Waals surface area (Å²) in [4.78, 5) is 25.3. The number of nitrogens with zero attached hydrogens (tertiary/aromatic N) is 2. The number of aromatic nitrogens is 2. The fraction of sp³-hybridized carbons (Fsp3) is 0.263. The van der Waals surface area contributed by atoms with Crippen molar-refractivity contribution >= 4 is 11.6 Å². The number of benzene rings is 1. The van der Waals surface area contributed by atoms with Crippen molar-refractivity contribution in [2.45, 2.75) is 19.3 Å². The quantitative estimate of drug-likeness (QED) is 0.796. The Kier molecular flexibility index (Phi) is 3.60. The van der Waals surface area contributed by atoms with Crippen molar-refractivity contribution < 1.29 is 9.21 Å². The first-order valence-electron chi connectivity index (χ1n) is 8.26. The summed E-state index contributed by atoms with van der Waals surface area (Å²) in [5, 5.41) is 2.83. The van der Waals surface area contributed by atoms with Gasteiger partial charge < -0.3 is 9.73 Å². The predicted molar refractivity (Wildman–Crippen MR) is 93.9 cm³/mol. The summed E-state index contributed by atoms with van der Waals surface area (Å²) in [6, 6.07) is 13.1. The molecule has 1 aliphatic carbocycles. The van der Waals surface area contributed by atoms with E-state index in [1.165, 1.54) is 0 Å². The predicted octanol–water partition coefficient (Wildman–Crippen LogP) is 2.82. The molecule has 6 heteroatoms. The Balaban J connectivity index is 1.60. The maximum absolute atomic E-state index is 12.8. The number of hydrogen-bond acceptors (Lipinski definition) is 3. The molecule has 4 rings (SSSR count). The van der Waals surface area contributed by atoms with Gasteiger partial charge in [0.2, 0.25) is 5.91 Å². The van der Waals surface area contributed by atoms with Crippen LogP contribution in [0.1, 0.15) is 23.8 Å². The summed E-state index contributed by atoms with van der Waals surface area (Å²) in [6.45, 7) is 1.83. The lowest BCUT2D eigenvalue weighted by Crippen LogP contribution is -2.23. The summed E-state index contributed by atoms with van der Waals surface area (Å²) in [7, 11) is 1.81. The highest BCUT2D eigenvalue weighted by Gasteiger charge is 2.46. The summed E-state index contributed by atoms with van der Waals surface area (Å²) < 4.78 is 8.68. The summed E-state index contributed by atoms with van der Waals surface area (Å²) >= 11 is 0. The van der Waals surface area contributed by atoms with Crippen LogP contribution in [0.3, 0.4) is 0 Å². The van der Waals surface area contributed by atoms with Crippen LogP contribution < -0.4 is 10.9 Å². The zero-order valence-corrected chi connectivity index (χ0v) is 14.1. The van der Waals surface area contributed by atoms with Gasteiger partial charge >= 0.3 is 0 Å². The van der Waals surface area contributed by atoms with Crippen molar-refractivity contribution in [3.05, 3.63) is 70.5 Å². The van der Waals surface area contributed by atoms with E-state index in [1.54, 1.807) is 15.6 Å². The Hall–Kier alpha value is -3.02. The van der Waals surface area contributed by atoms with Crippen molar-refractivity contribution in [3.8, 4) is 5.69 Å². The first kappa shape index (κ1) is 15.5. The highest BCUT2D eigenvalue weighted by Crippen LogP contribution is 2.48. The second kappa shape index (κ2) is 5.81. The van der Waals surface area contributed by atoms with Crippen molar-refractivity contribution in [2.75, 3.05) is 5.32 Å². The van der Waals surface area contributed by atoms with E-state index in [0.717, 1.165) is 23.6 Å². The van der Waals surface area contributed by atoms with Gasteiger partial charge in [-0.2, -0.15) is 0 Å². The number of rotatable bonds is 4. The van der Waals surface area contributed by atoms with E-state index in [9.17, 15) is 9.59 Å². The summed E-state index contributed by atoms with van der Waals surface area (Å²) in [5.74, 6) is 0.657. The molecule has 0 spiro atoms. The molecule has 2 unspecified atom stereocenters. The van der Waals surface area contributed by atoms with Gasteiger partial charge in [0.05, 0.1) is 17.6 Å². The molecule has 1 N–H and O–H groups in total. The number of nitrogens with one attached hydrogen (secondary N) is 1. The molecule has 6 nitrogen and oxygen atoms in total. The van der Waals surface area contributed by atoms with Gasteiger partial charge in [0.25, 0.3) is 5.56 Å². The van der Waals surface area contributed by atoms with Gasteiger partial charge in [0, 0.05) is 18.9 Å². The minimum Gasteiger partial charge on any atom is -0.469 e. The van der Waals surface area contributed by atoms with Crippen LogP contribution in [0, 0.1) is 12.8 Å². The van der Waals surface area contributed by atoms with Gasteiger partial charge in [-0.25, -0.2) is 4.68 Å². The van der Waals surface area contributed by atoms with Gasteiger partial charge in [0.1, 0.15) is 11.4 Å². The summed E-state index contributed by atoms with van der Waals surface area (Å²) in [6.07, 6.45) is 2.36. The Morgan fingerprint density at radius 2 is 1.96 bits per heavy atom. The standard InChI is InChI=1S/C19H19N3O3/c1-12-17(19(24)22(21(12)2)13-7-4-3-5-8-13)20-18(23)15-11-14(15)16-9-6-10-25-16/h3-10,14-15H,11H2,1-2H3,(H,20,23). The molecule has 0 radical (unpaired) electrons. The van der Waals surface area contributed by atoms with Crippen LogP contribution in [0.4, 0.5) is 5.69 Å². The molecule has 2 aromatic heterocycles. The topological polar surface area (TPSA) is 69.2 Å². The fourth-order valence-electron chi connectivity index (χ4n) is 3.23. The second-order valence-electron chi connectivity index (χ2n) is 6.39. The third-order valence-electron chi connectivity index (χ3n) is 4.84. The van der Waals surface area contributed by atoms with Crippen LogP contribution in [0.5, 0.6) is 0 Å². The molecule has 1 fully saturated rings. The minimum atomic E-state index is -0.227.